The number of guanidine groups is 1. The first-order valence-corrected chi connectivity index (χ1v) is 9.56. The van der Waals surface area contributed by atoms with E-state index in [-0.39, 0.29) is 24.0 Å². The third kappa shape index (κ3) is 4.88. The van der Waals surface area contributed by atoms with E-state index in [4.69, 9.17) is 17.3 Å². The summed E-state index contributed by atoms with van der Waals surface area (Å²) in [4.78, 5) is 16.9. The van der Waals surface area contributed by atoms with E-state index in [1.54, 1.807) is 0 Å². The molecule has 1 aliphatic rings. The summed E-state index contributed by atoms with van der Waals surface area (Å²) in [6.07, 6.45) is 0.750. The molecular weight excluding hydrogens is 487 g/mol. The normalized spacial score (nSPS) is 15.0. The van der Waals surface area contributed by atoms with Gasteiger partial charge in [-0.15, -0.1) is 24.0 Å². The molecule has 0 atom stereocenters. The molecule has 4 rings (SSSR count). The smallest absolute Gasteiger partial charge is 0.191 e. The number of piperazine rings is 1. The average molecular weight is 511 g/mol. The minimum atomic E-state index is 0. The maximum atomic E-state index is 6.20. The van der Waals surface area contributed by atoms with Crippen molar-refractivity contribution in [3.63, 3.8) is 0 Å². The van der Waals surface area contributed by atoms with E-state index in [0.717, 1.165) is 54.5 Å². The number of fused-ring (bicyclic) bond motifs is 1. The molecule has 6 nitrogen and oxygen atoms in total. The summed E-state index contributed by atoms with van der Waals surface area (Å²) >= 11 is 5.97. The van der Waals surface area contributed by atoms with Crippen LogP contribution < -0.4 is 10.6 Å². The SMILES string of the molecule is I.NC(=NCCc1nc2ccccc2[nH]1)N1CCN(c2ccc(Cl)cc2)CC1. The second-order valence-corrected chi connectivity index (χ2v) is 7.08. The summed E-state index contributed by atoms with van der Waals surface area (Å²) in [5.41, 5.74) is 9.44. The van der Waals surface area contributed by atoms with E-state index < -0.39 is 0 Å². The number of rotatable bonds is 4. The zero-order valence-corrected chi connectivity index (χ0v) is 18.6. The number of nitrogens with one attached hydrogen (secondary N) is 1. The molecule has 0 saturated carbocycles. The number of aliphatic imine (C=N–C) groups is 1. The Hall–Kier alpha value is -2.00. The molecule has 0 unspecified atom stereocenters. The van der Waals surface area contributed by atoms with Gasteiger partial charge in [-0.25, -0.2) is 4.98 Å². The highest BCUT2D eigenvalue weighted by Crippen LogP contribution is 2.19. The largest absolute Gasteiger partial charge is 0.370 e. The molecule has 8 heteroatoms. The first kappa shape index (κ1) is 20.7. The van der Waals surface area contributed by atoms with Crippen molar-refractivity contribution in [2.45, 2.75) is 6.42 Å². The van der Waals surface area contributed by atoms with E-state index in [0.29, 0.717) is 12.5 Å². The van der Waals surface area contributed by atoms with E-state index in [1.165, 1.54) is 5.69 Å². The summed E-state index contributed by atoms with van der Waals surface area (Å²) in [7, 11) is 0. The second kappa shape index (κ2) is 9.47. The van der Waals surface area contributed by atoms with Crippen LogP contribution in [0.1, 0.15) is 5.82 Å². The van der Waals surface area contributed by atoms with Gasteiger partial charge in [-0.2, -0.15) is 0 Å². The highest BCUT2D eigenvalue weighted by Gasteiger charge is 2.18. The van der Waals surface area contributed by atoms with E-state index in [1.807, 2.05) is 36.4 Å². The van der Waals surface area contributed by atoms with Crippen molar-refractivity contribution in [1.29, 1.82) is 0 Å². The Morgan fingerprint density at radius 2 is 1.79 bits per heavy atom. The first-order valence-electron chi connectivity index (χ1n) is 9.18. The lowest BCUT2D eigenvalue weighted by atomic mass is 10.2. The molecule has 28 heavy (non-hydrogen) atoms. The fourth-order valence-electron chi connectivity index (χ4n) is 3.35. The van der Waals surface area contributed by atoms with E-state index >= 15 is 0 Å². The third-order valence-corrected chi connectivity index (χ3v) is 5.11. The zero-order chi connectivity index (χ0) is 18.6. The van der Waals surface area contributed by atoms with Crippen molar-refractivity contribution >= 4 is 58.3 Å². The number of nitrogens with zero attached hydrogens (tertiary/aromatic N) is 4. The topological polar surface area (TPSA) is 73.5 Å². The average Bonchev–Trinajstić information content (AvgIpc) is 3.11. The van der Waals surface area contributed by atoms with Crippen LogP contribution in [0, 0.1) is 0 Å². The number of aromatic nitrogens is 2. The Morgan fingerprint density at radius 1 is 1.07 bits per heavy atom. The van der Waals surface area contributed by atoms with Crippen LogP contribution in [0.15, 0.2) is 53.5 Å². The number of para-hydroxylation sites is 2. The van der Waals surface area contributed by atoms with Crippen molar-refractivity contribution in [2.24, 2.45) is 10.7 Å². The highest BCUT2D eigenvalue weighted by molar-refractivity contribution is 14.0. The Kier molecular flexibility index (Phi) is 7.01. The summed E-state index contributed by atoms with van der Waals surface area (Å²) in [6, 6.07) is 16.0. The molecule has 1 fully saturated rings. The number of hydrogen-bond acceptors (Lipinski definition) is 3. The van der Waals surface area contributed by atoms with Crippen molar-refractivity contribution in [2.75, 3.05) is 37.6 Å². The molecule has 0 spiro atoms. The van der Waals surface area contributed by atoms with Crippen LogP contribution in [0.25, 0.3) is 11.0 Å². The number of halogens is 2. The number of benzene rings is 2. The van der Waals surface area contributed by atoms with Crippen LogP contribution in [0.2, 0.25) is 5.02 Å². The minimum absolute atomic E-state index is 0. The van der Waals surface area contributed by atoms with Gasteiger partial charge < -0.3 is 20.5 Å². The molecule has 148 valence electrons. The quantitative estimate of drug-likeness (QED) is 0.320. The third-order valence-electron chi connectivity index (χ3n) is 4.86. The molecule has 1 saturated heterocycles. The Labute approximate surface area is 186 Å². The Bertz CT molecular complexity index is 898. The van der Waals surface area contributed by atoms with Crippen molar-refractivity contribution in [1.82, 2.24) is 14.9 Å². The predicted octanol–water partition coefficient (Wildman–Crippen LogP) is 3.51. The number of H-pyrrole nitrogens is 1. The molecule has 3 N–H and O–H groups in total. The van der Waals surface area contributed by atoms with Gasteiger partial charge in [0.15, 0.2) is 5.96 Å². The minimum Gasteiger partial charge on any atom is -0.370 e. The fraction of sp³-hybridized carbons (Fsp3) is 0.300. The lowest BCUT2D eigenvalue weighted by molar-refractivity contribution is 0.381. The maximum absolute atomic E-state index is 6.20. The van der Waals surface area contributed by atoms with Gasteiger partial charge in [0.1, 0.15) is 5.82 Å². The Morgan fingerprint density at radius 3 is 2.50 bits per heavy atom. The van der Waals surface area contributed by atoms with Crippen LogP contribution in [-0.4, -0.2) is 53.6 Å². The highest BCUT2D eigenvalue weighted by atomic mass is 127. The molecule has 1 aromatic heterocycles. The van der Waals surface area contributed by atoms with Gasteiger partial charge in [-0.1, -0.05) is 23.7 Å². The molecular formula is C20H24ClIN6. The molecule has 0 radical (unpaired) electrons. The molecule has 1 aliphatic heterocycles. The summed E-state index contributed by atoms with van der Waals surface area (Å²) in [5.74, 6) is 1.56. The number of anilines is 1. The van der Waals surface area contributed by atoms with Crippen LogP contribution in [0.3, 0.4) is 0 Å². The van der Waals surface area contributed by atoms with Crippen LogP contribution in [-0.2, 0) is 6.42 Å². The van der Waals surface area contributed by atoms with Gasteiger partial charge in [0.2, 0.25) is 0 Å². The van der Waals surface area contributed by atoms with Crippen LogP contribution in [0.5, 0.6) is 0 Å². The fourth-order valence-corrected chi connectivity index (χ4v) is 3.47. The van der Waals surface area contributed by atoms with Gasteiger partial charge in [-0.3, -0.25) is 4.99 Å². The first-order chi connectivity index (χ1) is 13.2. The van der Waals surface area contributed by atoms with E-state index in [9.17, 15) is 0 Å². The summed E-state index contributed by atoms with van der Waals surface area (Å²) in [6.45, 7) is 4.19. The van der Waals surface area contributed by atoms with Crippen LogP contribution >= 0.6 is 35.6 Å². The molecule has 0 bridgehead atoms. The van der Waals surface area contributed by atoms with Gasteiger partial charge >= 0.3 is 0 Å². The lowest BCUT2D eigenvalue weighted by Gasteiger charge is -2.36. The number of hydrogen-bond donors (Lipinski definition) is 2. The monoisotopic (exact) mass is 510 g/mol. The number of nitrogens with two attached hydrogens (primary N) is 1. The summed E-state index contributed by atoms with van der Waals surface area (Å²) in [5, 5.41) is 0.762. The van der Waals surface area contributed by atoms with E-state index in [2.05, 4.69) is 36.9 Å². The van der Waals surface area contributed by atoms with Gasteiger partial charge in [0, 0.05) is 49.9 Å². The predicted molar refractivity (Wildman–Crippen MR) is 127 cm³/mol. The molecule has 2 aromatic carbocycles. The molecule has 0 amide bonds. The van der Waals surface area contributed by atoms with Gasteiger partial charge in [0.25, 0.3) is 0 Å². The standard InChI is InChI=1S/C20H23ClN6.HI/c21-15-5-7-16(8-6-15)26-11-13-27(14-12-26)20(22)23-10-9-19-24-17-3-1-2-4-18(17)25-19;/h1-8H,9-14H2,(H2,22,23)(H,24,25);1H. The number of aromatic amines is 1. The van der Waals surface area contributed by atoms with Crippen molar-refractivity contribution in [3.8, 4) is 0 Å². The zero-order valence-electron chi connectivity index (χ0n) is 15.5. The van der Waals surface area contributed by atoms with Crippen molar-refractivity contribution in [3.05, 3.63) is 59.4 Å². The lowest BCUT2D eigenvalue weighted by Crippen LogP contribution is -2.51. The maximum Gasteiger partial charge on any atom is 0.191 e. The Balaban J connectivity index is 0.00000225. The van der Waals surface area contributed by atoms with Gasteiger partial charge in [-0.05, 0) is 36.4 Å². The second-order valence-electron chi connectivity index (χ2n) is 6.64. The number of imidazole rings is 1. The van der Waals surface area contributed by atoms with Crippen molar-refractivity contribution < 1.29 is 0 Å². The summed E-state index contributed by atoms with van der Waals surface area (Å²) < 4.78 is 0. The molecule has 3 aromatic rings. The van der Waals surface area contributed by atoms with Crippen LogP contribution in [0.4, 0.5) is 5.69 Å². The molecule has 2 heterocycles. The van der Waals surface area contributed by atoms with Gasteiger partial charge in [0.05, 0.1) is 11.0 Å². The molecule has 0 aliphatic carbocycles.